The molecule has 3 fully saturated rings. The van der Waals surface area contributed by atoms with Crippen LogP contribution >= 0.6 is 0 Å². The van der Waals surface area contributed by atoms with Gasteiger partial charge in [0.2, 0.25) is 11.8 Å². The number of fused-ring (bicyclic) bond motifs is 5. The lowest BCUT2D eigenvalue weighted by atomic mass is 9.73. The van der Waals surface area contributed by atoms with Crippen LogP contribution in [0.4, 0.5) is 5.69 Å². The van der Waals surface area contributed by atoms with E-state index in [4.69, 9.17) is 9.47 Å². The number of benzene rings is 3. The van der Waals surface area contributed by atoms with Crippen LogP contribution in [-0.2, 0) is 14.3 Å². The Balaban J connectivity index is 1.12. The molecule has 3 aromatic rings. The number of ketones is 1. The van der Waals surface area contributed by atoms with Crippen molar-refractivity contribution in [2.24, 2.45) is 23.7 Å². The zero-order valence-electron chi connectivity index (χ0n) is 20.9. The summed E-state index contributed by atoms with van der Waals surface area (Å²) in [6.07, 6.45) is 1.85. The molecule has 2 saturated carbocycles. The Kier molecular flexibility index (Phi) is 6.06. The maximum Gasteiger partial charge on any atom is 0.338 e. The highest BCUT2D eigenvalue weighted by Gasteiger charge is 2.64. The average molecular weight is 510 g/mol. The minimum absolute atomic E-state index is 0.139. The molecule has 0 spiro atoms. The van der Waals surface area contributed by atoms with E-state index < -0.39 is 12.6 Å². The maximum absolute atomic E-state index is 13.5. The summed E-state index contributed by atoms with van der Waals surface area (Å²) in [6.45, 7) is -0.398. The fraction of sp³-hybridized carbons (Fsp3) is 0.290. The van der Waals surface area contributed by atoms with Gasteiger partial charge in [0, 0.05) is 5.56 Å². The largest absolute Gasteiger partial charge is 0.497 e. The normalized spacial score (nSPS) is 25.4. The predicted octanol–water partition coefficient (Wildman–Crippen LogP) is 4.66. The van der Waals surface area contributed by atoms with Gasteiger partial charge in [0.05, 0.1) is 30.2 Å². The highest BCUT2D eigenvalue weighted by Crippen LogP contribution is 2.61. The molecule has 0 N–H and O–H groups in total. The van der Waals surface area contributed by atoms with E-state index in [-0.39, 0.29) is 46.8 Å². The minimum Gasteiger partial charge on any atom is -0.497 e. The van der Waals surface area contributed by atoms with Crippen LogP contribution in [0.2, 0.25) is 0 Å². The number of rotatable bonds is 7. The molecule has 7 heteroatoms. The second-order valence-corrected chi connectivity index (χ2v) is 10.3. The Morgan fingerprint density at radius 2 is 1.47 bits per heavy atom. The van der Waals surface area contributed by atoms with Crippen molar-refractivity contribution in [2.45, 2.75) is 18.8 Å². The van der Waals surface area contributed by atoms with Gasteiger partial charge in [-0.15, -0.1) is 0 Å². The number of hydrogen-bond acceptors (Lipinski definition) is 6. The Bertz CT molecular complexity index is 1400. The van der Waals surface area contributed by atoms with E-state index in [2.05, 4.69) is 12.1 Å². The van der Waals surface area contributed by atoms with Gasteiger partial charge in [-0.25, -0.2) is 4.79 Å². The summed E-state index contributed by atoms with van der Waals surface area (Å²) in [7, 11) is 1.54. The smallest absolute Gasteiger partial charge is 0.338 e. The van der Waals surface area contributed by atoms with Gasteiger partial charge in [0.15, 0.2) is 12.4 Å². The maximum atomic E-state index is 13.5. The lowest BCUT2D eigenvalue weighted by Crippen LogP contribution is -2.33. The first-order valence-electron chi connectivity index (χ1n) is 12.8. The average Bonchev–Trinajstić information content (AvgIpc) is 3.63. The van der Waals surface area contributed by atoms with Gasteiger partial charge in [0.25, 0.3) is 0 Å². The standard InChI is InChI=1S/C31H27NO6/c1-37-23-13-9-19(10-14-23)26(33)17-38-31(36)20-7-11-22(12-8-20)32-29(34)27-21-15-24(18-5-3-2-4-6-18)25(16-21)28(27)30(32)35/h2-14,21,24-25,27-28H,15-17H2,1H3/t21-,24+,25+,27-,28-/m0/s1. The molecule has 2 bridgehead atoms. The molecule has 2 aliphatic carbocycles. The molecule has 3 aliphatic rings. The van der Waals surface area contributed by atoms with Crippen molar-refractivity contribution >= 4 is 29.3 Å². The monoisotopic (exact) mass is 509 g/mol. The molecular formula is C31H27NO6. The van der Waals surface area contributed by atoms with E-state index >= 15 is 0 Å². The zero-order valence-corrected chi connectivity index (χ0v) is 20.9. The molecule has 2 amide bonds. The molecule has 3 aromatic carbocycles. The van der Waals surface area contributed by atoms with E-state index in [0.29, 0.717) is 22.9 Å². The topological polar surface area (TPSA) is 90.0 Å². The van der Waals surface area contributed by atoms with Crippen molar-refractivity contribution in [2.75, 3.05) is 18.6 Å². The highest BCUT2D eigenvalue weighted by atomic mass is 16.5. The summed E-state index contributed by atoms with van der Waals surface area (Å²) in [5.41, 5.74) is 2.34. The number of Topliss-reactive ketones (excluding diaryl/α,β-unsaturated/α-hetero) is 1. The van der Waals surface area contributed by atoms with E-state index in [1.165, 1.54) is 29.7 Å². The lowest BCUT2D eigenvalue weighted by molar-refractivity contribution is -0.123. The summed E-state index contributed by atoms with van der Waals surface area (Å²) < 4.78 is 10.3. The van der Waals surface area contributed by atoms with Gasteiger partial charge < -0.3 is 9.47 Å². The van der Waals surface area contributed by atoms with Crippen LogP contribution in [0.15, 0.2) is 78.9 Å². The summed E-state index contributed by atoms with van der Waals surface area (Å²) in [5, 5.41) is 0. The molecule has 38 heavy (non-hydrogen) atoms. The van der Waals surface area contributed by atoms with Crippen LogP contribution in [0.1, 0.15) is 45.0 Å². The van der Waals surface area contributed by atoms with Crippen molar-refractivity contribution in [1.82, 2.24) is 0 Å². The van der Waals surface area contributed by atoms with Gasteiger partial charge in [-0.3, -0.25) is 19.3 Å². The minimum atomic E-state index is -0.655. The van der Waals surface area contributed by atoms with Gasteiger partial charge in [0.1, 0.15) is 5.75 Å². The van der Waals surface area contributed by atoms with Gasteiger partial charge in [-0.05, 0) is 84.7 Å². The second-order valence-electron chi connectivity index (χ2n) is 10.3. The molecule has 1 heterocycles. The van der Waals surface area contributed by atoms with E-state index in [0.717, 1.165) is 12.8 Å². The van der Waals surface area contributed by atoms with Crippen molar-refractivity contribution in [3.63, 3.8) is 0 Å². The van der Waals surface area contributed by atoms with Gasteiger partial charge in [-0.1, -0.05) is 30.3 Å². The SMILES string of the molecule is COc1ccc(C(=O)COC(=O)c2ccc(N3C(=O)[C@H]4[C@@H]5C[C@@H]([C@@H]4C3=O)[C@@H](c3ccccc3)C5)cc2)cc1. The van der Waals surface area contributed by atoms with E-state index in [1.54, 1.807) is 36.4 Å². The summed E-state index contributed by atoms with van der Waals surface area (Å²) in [4.78, 5) is 53.0. The first-order chi connectivity index (χ1) is 18.5. The van der Waals surface area contributed by atoms with Crippen LogP contribution in [0, 0.1) is 23.7 Å². The number of hydrogen-bond donors (Lipinski definition) is 0. The second kappa shape index (κ2) is 9.56. The molecule has 7 nitrogen and oxygen atoms in total. The Morgan fingerprint density at radius 1 is 0.816 bits per heavy atom. The number of amides is 2. The number of carbonyl (C=O) groups is 4. The predicted molar refractivity (Wildman–Crippen MR) is 139 cm³/mol. The number of esters is 1. The fourth-order valence-corrected chi connectivity index (χ4v) is 6.62. The highest BCUT2D eigenvalue weighted by molar-refractivity contribution is 6.22. The fourth-order valence-electron chi connectivity index (χ4n) is 6.62. The third kappa shape index (κ3) is 3.99. The van der Waals surface area contributed by atoms with Crippen LogP contribution in [0.3, 0.4) is 0 Å². The van der Waals surface area contributed by atoms with E-state index in [9.17, 15) is 19.2 Å². The molecule has 192 valence electrons. The first kappa shape index (κ1) is 24.1. The Hall–Kier alpha value is -4.26. The van der Waals surface area contributed by atoms with Crippen molar-refractivity contribution < 1.29 is 28.7 Å². The number of ether oxygens (including phenoxy) is 2. The molecular weight excluding hydrogens is 482 g/mol. The van der Waals surface area contributed by atoms with Crippen LogP contribution < -0.4 is 9.64 Å². The zero-order chi connectivity index (χ0) is 26.4. The molecule has 0 radical (unpaired) electrons. The first-order valence-corrected chi connectivity index (χ1v) is 12.8. The molecule has 0 unspecified atom stereocenters. The van der Waals surface area contributed by atoms with E-state index in [1.807, 2.05) is 18.2 Å². The van der Waals surface area contributed by atoms with Crippen molar-refractivity contribution in [3.8, 4) is 5.75 Å². The molecule has 1 aliphatic heterocycles. The molecule has 1 saturated heterocycles. The summed E-state index contributed by atoms with van der Waals surface area (Å²) in [6, 6.07) is 23.0. The number of anilines is 1. The van der Waals surface area contributed by atoms with Gasteiger partial charge in [-0.2, -0.15) is 0 Å². The third-order valence-electron chi connectivity index (χ3n) is 8.35. The number of imide groups is 1. The molecule has 0 aromatic heterocycles. The Labute approximate surface area is 220 Å². The quantitative estimate of drug-likeness (QED) is 0.261. The number of nitrogens with zero attached hydrogens (tertiary/aromatic N) is 1. The number of carbonyl (C=O) groups excluding carboxylic acids is 4. The Morgan fingerprint density at radius 3 is 2.16 bits per heavy atom. The van der Waals surface area contributed by atoms with Crippen LogP contribution in [0.25, 0.3) is 0 Å². The van der Waals surface area contributed by atoms with Crippen LogP contribution in [-0.4, -0.2) is 37.3 Å². The van der Waals surface area contributed by atoms with Crippen LogP contribution in [0.5, 0.6) is 5.75 Å². The molecule has 6 rings (SSSR count). The molecule has 5 atom stereocenters. The summed E-state index contributed by atoms with van der Waals surface area (Å²) in [5.74, 6) is -0.508. The van der Waals surface area contributed by atoms with Crippen molar-refractivity contribution in [1.29, 1.82) is 0 Å². The summed E-state index contributed by atoms with van der Waals surface area (Å²) >= 11 is 0. The number of methoxy groups -OCH3 is 1. The third-order valence-corrected chi connectivity index (χ3v) is 8.35. The van der Waals surface area contributed by atoms with Gasteiger partial charge >= 0.3 is 5.97 Å². The lowest BCUT2D eigenvalue weighted by Gasteiger charge is -2.28. The van der Waals surface area contributed by atoms with Crippen molar-refractivity contribution in [3.05, 3.63) is 95.6 Å².